The fraction of sp³-hybridized carbons (Fsp3) is 0.868. The summed E-state index contributed by atoms with van der Waals surface area (Å²) in [4.78, 5) is 25.2. The molecule has 3 unspecified atom stereocenters. The molecular formula is C53H103N2O6P. The molecule has 0 aliphatic heterocycles. The van der Waals surface area contributed by atoms with E-state index in [1.807, 2.05) is 27.2 Å². The van der Waals surface area contributed by atoms with Crippen LogP contribution in [-0.2, 0) is 18.4 Å². The minimum atomic E-state index is -4.60. The van der Waals surface area contributed by atoms with Gasteiger partial charge in [0, 0.05) is 6.42 Å². The van der Waals surface area contributed by atoms with Crippen molar-refractivity contribution in [1.82, 2.24) is 5.32 Å². The fourth-order valence-corrected chi connectivity index (χ4v) is 8.38. The largest absolute Gasteiger partial charge is 0.756 e. The molecule has 9 heteroatoms. The molecule has 0 aliphatic rings. The van der Waals surface area contributed by atoms with Crippen molar-refractivity contribution in [3.05, 3.63) is 36.5 Å². The third-order valence-electron chi connectivity index (χ3n) is 11.8. The highest BCUT2D eigenvalue weighted by atomic mass is 31.2. The zero-order chi connectivity index (χ0) is 45.7. The number of rotatable bonds is 48. The van der Waals surface area contributed by atoms with Gasteiger partial charge in [-0.3, -0.25) is 9.36 Å². The van der Waals surface area contributed by atoms with Gasteiger partial charge in [0.25, 0.3) is 7.82 Å². The number of phosphoric ester groups is 1. The number of phosphoric acid groups is 1. The molecule has 1 amide bonds. The number of nitrogens with one attached hydrogen (secondary N) is 1. The molecule has 62 heavy (non-hydrogen) atoms. The number of carbonyl (C=O) groups is 1. The van der Waals surface area contributed by atoms with Crippen molar-refractivity contribution in [3.8, 4) is 0 Å². The average Bonchev–Trinajstić information content (AvgIpc) is 3.23. The standard InChI is InChI=1S/C53H103N2O6P/c1-6-8-10-12-14-16-17-18-19-20-21-22-23-24-25-26-27-28-29-30-31-32-33-34-35-36-37-39-40-42-44-46-52(56)51(50-61-62(58,59)60-49-48-55(3,4)5)54-53(57)47-45-43-41-38-15-13-11-9-7-2/h33-34,37,39,44,46,51-52,56H,6-32,35-36,38,40-43,45,47-50H2,1-5H3,(H-,54,57,58,59)/b34-33+,39-37+,46-44+. The zero-order valence-corrected chi connectivity index (χ0v) is 42.5. The molecule has 0 aromatic carbocycles. The number of allylic oxidation sites excluding steroid dienone is 5. The van der Waals surface area contributed by atoms with Gasteiger partial charge in [0.1, 0.15) is 13.2 Å². The van der Waals surface area contributed by atoms with Crippen molar-refractivity contribution in [2.24, 2.45) is 0 Å². The van der Waals surface area contributed by atoms with Crippen LogP contribution < -0.4 is 10.2 Å². The van der Waals surface area contributed by atoms with Gasteiger partial charge in [0.05, 0.1) is 39.9 Å². The number of amides is 1. The second-order valence-electron chi connectivity index (χ2n) is 19.2. The third-order valence-corrected chi connectivity index (χ3v) is 12.8. The van der Waals surface area contributed by atoms with Crippen molar-refractivity contribution in [3.63, 3.8) is 0 Å². The minimum Gasteiger partial charge on any atom is -0.756 e. The molecule has 0 bridgehead atoms. The molecule has 0 aromatic heterocycles. The summed E-state index contributed by atoms with van der Waals surface area (Å²) >= 11 is 0. The van der Waals surface area contributed by atoms with Crippen LogP contribution in [0.25, 0.3) is 0 Å². The van der Waals surface area contributed by atoms with Gasteiger partial charge in [0.15, 0.2) is 0 Å². The second kappa shape index (κ2) is 44.9. The van der Waals surface area contributed by atoms with E-state index in [1.165, 1.54) is 180 Å². The van der Waals surface area contributed by atoms with Crippen molar-refractivity contribution < 1.29 is 32.9 Å². The van der Waals surface area contributed by atoms with Gasteiger partial charge in [-0.15, -0.1) is 0 Å². The lowest BCUT2D eigenvalue weighted by Gasteiger charge is -2.29. The Balaban J connectivity index is 4.12. The molecule has 0 heterocycles. The molecule has 3 atom stereocenters. The monoisotopic (exact) mass is 895 g/mol. The van der Waals surface area contributed by atoms with Crippen LogP contribution in [0, 0.1) is 0 Å². The number of carbonyl (C=O) groups excluding carboxylic acids is 1. The average molecular weight is 895 g/mol. The number of hydrogen-bond donors (Lipinski definition) is 2. The first-order valence-corrected chi connectivity index (χ1v) is 27.8. The van der Waals surface area contributed by atoms with Gasteiger partial charge in [-0.1, -0.05) is 230 Å². The zero-order valence-electron chi connectivity index (χ0n) is 41.6. The summed E-state index contributed by atoms with van der Waals surface area (Å²) in [6, 6.07) is -0.905. The van der Waals surface area contributed by atoms with Crippen LogP contribution >= 0.6 is 7.82 Å². The number of quaternary nitrogens is 1. The maximum atomic E-state index is 12.8. The Kier molecular flexibility index (Phi) is 44.0. The maximum absolute atomic E-state index is 12.8. The summed E-state index contributed by atoms with van der Waals surface area (Å²) in [5, 5.41) is 13.7. The van der Waals surface area contributed by atoms with Crippen molar-refractivity contribution in [1.29, 1.82) is 0 Å². The second-order valence-corrected chi connectivity index (χ2v) is 20.6. The first-order chi connectivity index (χ1) is 30.0. The van der Waals surface area contributed by atoms with Crippen LogP contribution in [0.4, 0.5) is 0 Å². The smallest absolute Gasteiger partial charge is 0.268 e. The third kappa shape index (κ3) is 46.7. The SMILES string of the molecule is CCCCCCCCCCCCCCCCCCCCCCC/C=C/CC/C=C/CC/C=C/C(O)C(COP(=O)([O-])OCC[N+](C)(C)C)NC(=O)CCCCCCCCCCC. The minimum absolute atomic E-state index is 0.00808. The van der Waals surface area contributed by atoms with Crippen molar-refractivity contribution >= 4 is 13.7 Å². The molecular weight excluding hydrogens is 792 g/mol. The van der Waals surface area contributed by atoms with E-state index in [0.29, 0.717) is 17.4 Å². The number of unbranched alkanes of at least 4 members (excludes halogenated alkanes) is 31. The van der Waals surface area contributed by atoms with Crippen LogP contribution in [0.2, 0.25) is 0 Å². The lowest BCUT2D eigenvalue weighted by Crippen LogP contribution is -2.45. The molecule has 0 radical (unpaired) electrons. The molecule has 366 valence electrons. The first-order valence-electron chi connectivity index (χ1n) is 26.4. The quantitative estimate of drug-likeness (QED) is 0.0273. The van der Waals surface area contributed by atoms with Gasteiger partial charge in [-0.25, -0.2) is 0 Å². The number of hydrogen-bond acceptors (Lipinski definition) is 6. The van der Waals surface area contributed by atoms with Gasteiger partial charge in [0.2, 0.25) is 5.91 Å². The van der Waals surface area contributed by atoms with Crippen LogP contribution in [0.1, 0.15) is 245 Å². The Morgan fingerprint density at radius 2 is 0.903 bits per heavy atom. The van der Waals surface area contributed by atoms with Gasteiger partial charge >= 0.3 is 0 Å². The summed E-state index contributed by atoms with van der Waals surface area (Å²) in [5.41, 5.74) is 0. The Hall–Kier alpha value is -1.28. The molecule has 0 saturated carbocycles. The maximum Gasteiger partial charge on any atom is 0.268 e. The molecule has 2 N–H and O–H groups in total. The molecule has 0 saturated heterocycles. The highest BCUT2D eigenvalue weighted by Crippen LogP contribution is 2.38. The van der Waals surface area contributed by atoms with Crippen LogP contribution in [0.3, 0.4) is 0 Å². The van der Waals surface area contributed by atoms with Crippen LogP contribution in [0.15, 0.2) is 36.5 Å². The predicted molar refractivity (Wildman–Crippen MR) is 265 cm³/mol. The van der Waals surface area contributed by atoms with E-state index in [4.69, 9.17) is 9.05 Å². The highest BCUT2D eigenvalue weighted by Gasteiger charge is 2.23. The summed E-state index contributed by atoms with van der Waals surface area (Å²) in [6.07, 6.45) is 56.8. The number of aliphatic hydroxyl groups is 1. The summed E-state index contributed by atoms with van der Waals surface area (Å²) < 4.78 is 23.2. The summed E-state index contributed by atoms with van der Waals surface area (Å²) in [7, 11) is 1.24. The van der Waals surface area contributed by atoms with E-state index in [2.05, 4.69) is 43.5 Å². The molecule has 0 aromatic rings. The lowest BCUT2D eigenvalue weighted by molar-refractivity contribution is -0.870. The Labute approximate surface area is 385 Å². The normalized spacial score (nSPS) is 14.4. The first kappa shape index (κ1) is 60.7. The molecule has 0 fully saturated rings. The number of aliphatic hydroxyl groups excluding tert-OH is 1. The van der Waals surface area contributed by atoms with E-state index in [1.54, 1.807) is 6.08 Å². The Bertz CT molecular complexity index is 1110. The van der Waals surface area contributed by atoms with Gasteiger partial charge in [-0.2, -0.15) is 0 Å². The van der Waals surface area contributed by atoms with E-state index in [0.717, 1.165) is 44.9 Å². The lowest BCUT2D eigenvalue weighted by atomic mass is 10.0. The Morgan fingerprint density at radius 3 is 1.31 bits per heavy atom. The highest BCUT2D eigenvalue weighted by molar-refractivity contribution is 7.45. The van der Waals surface area contributed by atoms with Gasteiger partial charge in [-0.05, 0) is 44.9 Å². The van der Waals surface area contributed by atoms with Crippen LogP contribution in [0.5, 0.6) is 0 Å². The van der Waals surface area contributed by atoms with Crippen LogP contribution in [-0.4, -0.2) is 68.5 Å². The van der Waals surface area contributed by atoms with E-state index in [9.17, 15) is 19.4 Å². The molecule has 8 nitrogen and oxygen atoms in total. The van der Waals surface area contributed by atoms with Gasteiger partial charge < -0.3 is 28.8 Å². The molecule has 0 spiro atoms. The summed E-state index contributed by atoms with van der Waals surface area (Å²) in [6.45, 7) is 4.60. The molecule has 0 aliphatic carbocycles. The van der Waals surface area contributed by atoms with E-state index >= 15 is 0 Å². The Morgan fingerprint density at radius 1 is 0.548 bits per heavy atom. The van der Waals surface area contributed by atoms with Crippen molar-refractivity contribution in [2.45, 2.75) is 257 Å². The van der Waals surface area contributed by atoms with E-state index < -0.39 is 26.6 Å². The molecule has 0 rings (SSSR count). The number of likely N-dealkylation sites (N-methyl/N-ethyl adjacent to an activating group) is 1. The van der Waals surface area contributed by atoms with Crippen molar-refractivity contribution in [2.75, 3.05) is 40.9 Å². The topological polar surface area (TPSA) is 108 Å². The number of nitrogens with zero attached hydrogens (tertiary/aromatic N) is 1. The van der Waals surface area contributed by atoms with E-state index in [-0.39, 0.29) is 12.5 Å². The predicted octanol–water partition coefficient (Wildman–Crippen LogP) is 14.8. The summed E-state index contributed by atoms with van der Waals surface area (Å²) in [5.74, 6) is -0.214. The fourth-order valence-electron chi connectivity index (χ4n) is 7.66.